The number of carboxylic acid groups (broad SMARTS) is 1. The van der Waals surface area contributed by atoms with E-state index >= 15 is 0 Å². The largest absolute Gasteiger partial charge is 0.497 e. The Morgan fingerprint density at radius 2 is 1.84 bits per heavy atom. The van der Waals surface area contributed by atoms with Crippen molar-refractivity contribution in [2.45, 2.75) is 31.5 Å². The molecule has 1 aliphatic heterocycles. The van der Waals surface area contributed by atoms with Crippen LogP contribution in [0.15, 0.2) is 72.8 Å². The van der Waals surface area contributed by atoms with Crippen LogP contribution in [0.4, 0.5) is 4.39 Å². The molecule has 194 valence electrons. The summed E-state index contributed by atoms with van der Waals surface area (Å²) >= 11 is 13.1. The van der Waals surface area contributed by atoms with Gasteiger partial charge >= 0.3 is 5.97 Å². The van der Waals surface area contributed by atoms with Crippen molar-refractivity contribution < 1.29 is 28.5 Å². The highest BCUT2D eigenvalue weighted by atomic mass is 35.5. The van der Waals surface area contributed by atoms with Crippen LogP contribution in [0.2, 0.25) is 10.0 Å². The smallest absolute Gasteiger partial charge is 0.341 e. The Balaban J connectivity index is 1.87. The minimum atomic E-state index is -1.14. The Labute approximate surface area is 225 Å². The van der Waals surface area contributed by atoms with Crippen LogP contribution in [0, 0.1) is 11.7 Å². The van der Waals surface area contributed by atoms with E-state index in [2.05, 4.69) is 6.58 Å². The van der Waals surface area contributed by atoms with E-state index in [0.29, 0.717) is 28.3 Å². The van der Waals surface area contributed by atoms with Gasteiger partial charge in [-0.25, -0.2) is 9.18 Å². The number of halogens is 3. The molecule has 1 saturated heterocycles. The fourth-order valence-electron chi connectivity index (χ4n) is 4.88. The van der Waals surface area contributed by atoms with Crippen molar-refractivity contribution in [1.82, 2.24) is 0 Å². The van der Waals surface area contributed by atoms with Crippen LogP contribution in [0.5, 0.6) is 11.5 Å². The predicted molar refractivity (Wildman–Crippen MR) is 141 cm³/mol. The van der Waals surface area contributed by atoms with Crippen molar-refractivity contribution in [3.63, 3.8) is 0 Å². The Kier molecular flexibility index (Phi) is 8.42. The van der Waals surface area contributed by atoms with Crippen LogP contribution >= 0.6 is 23.2 Å². The third kappa shape index (κ3) is 5.93. The molecule has 3 aromatic rings. The number of rotatable bonds is 8. The quantitative estimate of drug-likeness (QED) is 0.293. The van der Waals surface area contributed by atoms with Crippen LogP contribution in [0.25, 0.3) is 0 Å². The van der Waals surface area contributed by atoms with E-state index < -0.39 is 24.8 Å². The molecule has 0 saturated carbocycles. The zero-order chi connectivity index (χ0) is 26.7. The maximum Gasteiger partial charge on any atom is 0.341 e. The molecule has 1 N–H and O–H groups in total. The average molecular weight is 545 g/mol. The van der Waals surface area contributed by atoms with Crippen molar-refractivity contribution in [2.75, 3.05) is 13.7 Å². The minimum Gasteiger partial charge on any atom is -0.497 e. The first-order chi connectivity index (χ1) is 17.7. The van der Waals surface area contributed by atoms with Crippen LogP contribution < -0.4 is 9.47 Å². The first-order valence-corrected chi connectivity index (χ1v) is 12.5. The average Bonchev–Trinajstić information content (AvgIpc) is 2.87. The zero-order valence-corrected chi connectivity index (χ0v) is 21.9. The van der Waals surface area contributed by atoms with Gasteiger partial charge in [-0.2, -0.15) is 0 Å². The maximum absolute atomic E-state index is 14.3. The highest BCUT2D eigenvalue weighted by Crippen LogP contribution is 2.55. The lowest BCUT2D eigenvalue weighted by atomic mass is 9.74. The van der Waals surface area contributed by atoms with Crippen molar-refractivity contribution in [3.8, 4) is 11.5 Å². The van der Waals surface area contributed by atoms with E-state index in [-0.39, 0.29) is 28.4 Å². The van der Waals surface area contributed by atoms with E-state index in [4.69, 9.17) is 37.4 Å². The summed E-state index contributed by atoms with van der Waals surface area (Å²) < 4.78 is 32.2. The molecule has 0 spiro atoms. The van der Waals surface area contributed by atoms with Crippen molar-refractivity contribution in [2.24, 2.45) is 5.92 Å². The minimum absolute atomic E-state index is 0.190. The highest BCUT2D eigenvalue weighted by molar-refractivity contribution is 6.32. The second-order valence-electron chi connectivity index (χ2n) is 9.06. The van der Waals surface area contributed by atoms with Gasteiger partial charge in [-0.1, -0.05) is 65.7 Å². The number of carboxylic acids is 1. The Morgan fingerprint density at radius 1 is 1.08 bits per heavy atom. The number of ether oxygens (including phenoxy) is 3. The third-order valence-corrected chi connectivity index (χ3v) is 7.20. The number of hydrogen-bond donors (Lipinski definition) is 1. The van der Waals surface area contributed by atoms with E-state index in [0.717, 1.165) is 11.1 Å². The second-order valence-corrected chi connectivity index (χ2v) is 9.87. The summed E-state index contributed by atoms with van der Waals surface area (Å²) in [5.41, 5.74) is 2.91. The molecular weight excluding hydrogens is 518 g/mol. The SMILES string of the molecule is C=C(C)[C@H]1C[C@H](c2ccccc2Cl)[C@H](c2cccc(F)c2)O[C@@H]1c1cc(OC)cc(Cl)c1OCC(=O)O. The molecule has 0 aliphatic carbocycles. The molecule has 0 amide bonds. The molecule has 1 heterocycles. The van der Waals surface area contributed by atoms with E-state index in [1.807, 2.05) is 37.3 Å². The van der Waals surface area contributed by atoms with Crippen LogP contribution in [-0.2, 0) is 9.53 Å². The molecule has 3 aromatic carbocycles. The van der Waals surface area contributed by atoms with Crippen LogP contribution in [-0.4, -0.2) is 24.8 Å². The highest BCUT2D eigenvalue weighted by Gasteiger charge is 2.42. The molecule has 5 nitrogen and oxygen atoms in total. The molecule has 8 heteroatoms. The molecule has 0 bridgehead atoms. The normalized spacial score (nSPS) is 21.3. The van der Waals surface area contributed by atoms with Crippen molar-refractivity contribution in [1.29, 1.82) is 0 Å². The van der Waals surface area contributed by atoms with E-state index in [1.165, 1.54) is 19.2 Å². The summed E-state index contributed by atoms with van der Waals surface area (Å²) in [6.45, 7) is 5.54. The molecule has 4 atom stereocenters. The van der Waals surface area contributed by atoms with Crippen LogP contribution in [0.3, 0.4) is 0 Å². The van der Waals surface area contributed by atoms with Crippen LogP contribution in [0.1, 0.15) is 48.2 Å². The number of aliphatic carboxylic acids is 1. The topological polar surface area (TPSA) is 65.0 Å². The van der Waals surface area contributed by atoms with Gasteiger partial charge in [0.1, 0.15) is 17.3 Å². The molecule has 1 aliphatic rings. The summed E-state index contributed by atoms with van der Waals surface area (Å²) in [4.78, 5) is 11.3. The lowest BCUT2D eigenvalue weighted by Crippen LogP contribution is -2.32. The summed E-state index contributed by atoms with van der Waals surface area (Å²) in [7, 11) is 1.51. The lowest BCUT2D eigenvalue weighted by Gasteiger charge is -2.43. The molecule has 4 rings (SSSR count). The molecule has 0 radical (unpaired) electrons. The summed E-state index contributed by atoms with van der Waals surface area (Å²) in [6, 6.07) is 17.1. The monoisotopic (exact) mass is 544 g/mol. The van der Waals surface area contributed by atoms with Gasteiger partial charge in [0.15, 0.2) is 6.61 Å². The van der Waals surface area contributed by atoms with Gasteiger partial charge < -0.3 is 19.3 Å². The summed E-state index contributed by atoms with van der Waals surface area (Å²) in [6.07, 6.45) is -0.632. The first kappa shape index (κ1) is 27.0. The Morgan fingerprint density at radius 3 is 2.49 bits per heavy atom. The molecule has 1 fully saturated rings. The second kappa shape index (κ2) is 11.5. The zero-order valence-electron chi connectivity index (χ0n) is 20.4. The third-order valence-electron chi connectivity index (χ3n) is 6.57. The van der Waals surface area contributed by atoms with Gasteiger partial charge in [0.2, 0.25) is 0 Å². The fraction of sp³-hybridized carbons (Fsp3) is 0.276. The van der Waals surface area contributed by atoms with Crippen molar-refractivity contribution >= 4 is 29.2 Å². The van der Waals surface area contributed by atoms with Gasteiger partial charge in [0, 0.05) is 28.5 Å². The number of methoxy groups -OCH3 is 1. The van der Waals surface area contributed by atoms with E-state index in [9.17, 15) is 14.3 Å². The fourth-order valence-corrected chi connectivity index (χ4v) is 5.43. The van der Waals surface area contributed by atoms with Crippen molar-refractivity contribution in [3.05, 3.63) is 105 Å². The van der Waals surface area contributed by atoms with Gasteiger partial charge in [0.05, 0.1) is 24.3 Å². The predicted octanol–water partition coefficient (Wildman–Crippen LogP) is 7.78. The summed E-state index contributed by atoms with van der Waals surface area (Å²) in [5, 5.41) is 10.0. The molecular formula is C29H27Cl2FO5. The van der Waals surface area contributed by atoms with Gasteiger partial charge in [-0.3, -0.25) is 0 Å². The maximum atomic E-state index is 14.3. The van der Waals surface area contributed by atoms with Gasteiger partial charge in [0.25, 0.3) is 0 Å². The summed E-state index contributed by atoms with van der Waals surface area (Å²) in [5.74, 6) is -1.31. The van der Waals surface area contributed by atoms with Gasteiger partial charge in [-0.05, 0) is 48.7 Å². The molecule has 0 aromatic heterocycles. The molecule has 37 heavy (non-hydrogen) atoms. The Hall–Kier alpha value is -3.06. The number of carbonyl (C=O) groups is 1. The van der Waals surface area contributed by atoms with Gasteiger partial charge in [-0.15, -0.1) is 0 Å². The molecule has 0 unspecified atom stereocenters. The lowest BCUT2D eigenvalue weighted by molar-refractivity contribution is -0.139. The standard InChI is InChI=1S/C29H27Cl2FO5/c1-16(2)21-14-22(20-9-4-5-10-24(20)30)27(17-7-6-8-18(32)11-17)37-28(21)23-12-19(35-3)13-25(31)29(23)36-15-26(33)34/h4-13,21-22,27-28H,1,14-15H2,2-3H3,(H,33,34)/t21-,22-,27+,28+/m1/s1. The van der Waals surface area contributed by atoms with E-state index in [1.54, 1.807) is 18.2 Å². The number of hydrogen-bond acceptors (Lipinski definition) is 4. The number of benzene rings is 3. The Bertz CT molecular complexity index is 1310. The first-order valence-electron chi connectivity index (χ1n) is 11.7.